The Balaban J connectivity index is 2.69. The summed E-state index contributed by atoms with van der Waals surface area (Å²) in [6.45, 7) is 2.82. The van der Waals surface area contributed by atoms with Crippen molar-refractivity contribution in [3.05, 3.63) is 0 Å². The lowest BCUT2D eigenvalue weighted by atomic mass is 9.95. The van der Waals surface area contributed by atoms with Gasteiger partial charge in [-0.15, -0.1) is 11.8 Å². The molecular formula is C12H22N2O3S. The lowest BCUT2D eigenvalue weighted by Crippen LogP contribution is -2.57. The van der Waals surface area contributed by atoms with Gasteiger partial charge in [0.05, 0.1) is 12.9 Å². The van der Waals surface area contributed by atoms with Gasteiger partial charge in [-0.2, -0.15) is 0 Å². The fraction of sp³-hybridized carbons (Fsp3) is 0.833. The molecule has 1 aliphatic rings. The van der Waals surface area contributed by atoms with Gasteiger partial charge in [-0.3, -0.25) is 9.59 Å². The number of primary amides is 1. The van der Waals surface area contributed by atoms with Crippen LogP contribution in [0.4, 0.5) is 0 Å². The van der Waals surface area contributed by atoms with Crippen molar-refractivity contribution in [3.63, 3.8) is 0 Å². The van der Waals surface area contributed by atoms with Gasteiger partial charge in [-0.05, 0) is 31.7 Å². The van der Waals surface area contributed by atoms with Crippen molar-refractivity contribution < 1.29 is 14.3 Å². The van der Waals surface area contributed by atoms with Crippen LogP contribution in [0.25, 0.3) is 0 Å². The second kappa shape index (κ2) is 6.99. The van der Waals surface area contributed by atoms with Crippen LogP contribution in [0, 0.1) is 5.92 Å². The van der Waals surface area contributed by atoms with Crippen molar-refractivity contribution in [3.8, 4) is 0 Å². The summed E-state index contributed by atoms with van der Waals surface area (Å²) >= 11 is 1.39. The normalized spacial score (nSPS) is 18.1. The van der Waals surface area contributed by atoms with Crippen LogP contribution in [-0.2, 0) is 14.3 Å². The number of amides is 1. The van der Waals surface area contributed by atoms with Crippen LogP contribution >= 0.6 is 11.8 Å². The largest absolute Gasteiger partial charge is 0.468 e. The molecule has 0 aromatic carbocycles. The third kappa shape index (κ3) is 3.88. The summed E-state index contributed by atoms with van der Waals surface area (Å²) in [5.41, 5.74) is 4.48. The quantitative estimate of drug-likeness (QED) is 0.599. The number of nitrogens with one attached hydrogen (secondary N) is 1. The van der Waals surface area contributed by atoms with E-state index in [0.29, 0.717) is 11.7 Å². The predicted molar refractivity (Wildman–Crippen MR) is 72.3 cm³/mol. The molecule has 1 aliphatic carbocycles. The molecule has 0 aromatic rings. The molecule has 5 nitrogen and oxygen atoms in total. The Morgan fingerprint density at radius 1 is 1.50 bits per heavy atom. The van der Waals surface area contributed by atoms with Crippen molar-refractivity contribution >= 4 is 23.6 Å². The van der Waals surface area contributed by atoms with E-state index in [1.165, 1.54) is 18.9 Å². The van der Waals surface area contributed by atoms with Crippen molar-refractivity contribution in [1.82, 2.24) is 5.32 Å². The van der Waals surface area contributed by atoms with Gasteiger partial charge in [0.15, 0.2) is 0 Å². The standard InChI is InChI=1S/C12H22N2O3S/c1-3-6-14-12(9-4-5-9,11(16)17-2)8-18-7-10(13)15/h9,14H,3-8H2,1-2H3,(H2,13,15). The van der Waals surface area contributed by atoms with E-state index < -0.39 is 5.54 Å². The molecule has 0 heterocycles. The summed E-state index contributed by atoms with van der Waals surface area (Å²) in [6, 6.07) is 0. The molecule has 0 saturated heterocycles. The minimum absolute atomic E-state index is 0.226. The fourth-order valence-corrected chi connectivity index (χ4v) is 3.11. The van der Waals surface area contributed by atoms with Gasteiger partial charge in [0, 0.05) is 5.75 Å². The summed E-state index contributed by atoms with van der Waals surface area (Å²) in [6.07, 6.45) is 3.01. The lowest BCUT2D eigenvalue weighted by molar-refractivity contribution is -0.148. The highest BCUT2D eigenvalue weighted by atomic mass is 32.2. The van der Waals surface area contributed by atoms with E-state index >= 15 is 0 Å². The third-order valence-corrected chi connectivity index (χ3v) is 4.24. The van der Waals surface area contributed by atoms with Gasteiger partial charge in [-0.25, -0.2) is 0 Å². The highest BCUT2D eigenvalue weighted by Gasteiger charge is 2.51. The van der Waals surface area contributed by atoms with Gasteiger partial charge in [0.1, 0.15) is 5.54 Å². The van der Waals surface area contributed by atoms with Crippen molar-refractivity contribution in [2.75, 3.05) is 25.2 Å². The topological polar surface area (TPSA) is 81.4 Å². The highest BCUT2D eigenvalue weighted by molar-refractivity contribution is 8.00. The van der Waals surface area contributed by atoms with E-state index in [0.717, 1.165) is 25.8 Å². The van der Waals surface area contributed by atoms with E-state index in [2.05, 4.69) is 12.2 Å². The first kappa shape index (κ1) is 15.3. The van der Waals surface area contributed by atoms with Crippen molar-refractivity contribution in [2.24, 2.45) is 11.7 Å². The smallest absolute Gasteiger partial charge is 0.327 e. The molecule has 0 bridgehead atoms. The lowest BCUT2D eigenvalue weighted by Gasteiger charge is -2.32. The number of nitrogens with two attached hydrogens (primary N) is 1. The summed E-state index contributed by atoms with van der Waals surface area (Å²) in [5.74, 6) is 0.504. The number of esters is 1. The van der Waals surface area contributed by atoms with Crippen LogP contribution in [-0.4, -0.2) is 42.6 Å². The Labute approximate surface area is 112 Å². The van der Waals surface area contributed by atoms with Crippen LogP contribution in [0.5, 0.6) is 0 Å². The Hall–Kier alpha value is -0.750. The first-order valence-electron chi connectivity index (χ1n) is 6.26. The van der Waals surface area contributed by atoms with Crippen LogP contribution in [0.1, 0.15) is 26.2 Å². The Kier molecular flexibility index (Phi) is 5.95. The molecule has 1 saturated carbocycles. The summed E-state index contributed by atoms with van der Waals surface area (Å²) in [5, 5.41) is 3.32. The molecule has 3 N–H and O–H groups in total. The average molecular weight is 274 g/mol. The molecule has 1 atom stereocenters. The molecule has 0 aromatic heterocycles. The van der Waals surface area contributed by atoms with Crippen LogP contribution in [0.15, 0.2) is 0 Å². The number of hydrogen-bond donors (Lipinski definition) is 2. The van der Waals surface area contributed by atoms with Crippen LogP contribution < -0.4 is 11.1 Å². The maximum absolute atomic E-state index is 12.1. The molecule has 104 valence electrons. The van der Waals surface area contributed by atoms with E-state index in [-0.39, 0.29) is 17.6 Å². The van der Waals surface area contributed by atoms with Gasteiger partial charge in [0.2, 0.25) is 5.91 Å². The number of rotatable bonds is 9. The van der Waals surface area contributed by atoms with Gasteiger partial charge >= 0.3 is 5.97 Å². The monoisotopic (exact) mass is 274 g/mol. The molecule has 0 spiro atoms. The second-order valence-electron chi connectivity index (χ2n) is 4.62. The predicted octanol–water partition coefficient (Wildman–Crippen LogP) is 0.526. The Morgan fingerprint density at radius 3 is 2.61 bits per heavy atom. The zero-order chi connectivity index (χ0) is 13.6. The Bertz CT molecular complexity index is 308. The minimum Gasteiger partial charge on any atom is -0.468 e. The Morgan fingerprint density at radius 2 is 2.17 bits per heavy atom. The molecule has 0 aliphatic heterocycles. The number of ether oxygens (including phenoxy) is 1. The molecule has 1 rings (SSSR count). The fourth-order valence-electron chi connectivity index (χ4n) is 2.03. The number of carbonyl (C=O) groups is 2. The van der Waals surface area contributed by atoms with Gasteiger partial charge in [0.25, 0.3) is 0 Å². The van der Waals surface area contributed by atoms with Crippen molar-refractivity contribution in [1.29, 1.82) is 0 Å². The average Bonchev–Trinajstić information content (AvgIpc) is 3.16. The first-order valence-corrected chi connectivity index (χ1v) is 7.41. The molecule has 1 fully saturated rings. The van der Waals surface area contributed by atoms with Crippen LogP contribution in [0.2, 0.25) is 0 Å². The van der Waals surface area contributed by atoms with Crippen molar-refractivity contribution in [2.45, 2.75) is 31.7 Å². The zero-order valence-corrected chi connectivity index (χ0v) is 11.8. The maximum Gasteiger partial charge on any atom is 0.327 e. The molecule has 6 heteroatoms. The van der Waals surface area contributed by atoms with E-state index in [1.54, 1.807) is 0 Å². The van der Waals surface area contributed by atoms with Gasteiger partial charge < -0.3 is 15.8 Å². The van der Waals surface area contributed by atoms with E-state index in [1.807, 2.05) is 0 Å². The van der Waals surface area contributed by atoms with E-state index in [9.17, 15) is 9.59 Å². The second-order valence-corrected chi connectivity index (χ2v) is 5.61. The summed E-state index contributed by atoms with van der Waals surface area (Å²) < 4.78 is 4.94. The summed E-state index contributed by atoms with van der Waals surface area (Å²) in [7, 11) is 1.41. The number of hydrogen-bond acceptors (Lipinski definition) is 5. The molecule has 1 amide bonds. The maximum atomic E-state index is 12.1. The molecular weight excluding hydrogens is 252 g/mol. The molecule has 0 radical (unpaired) electrons. The van der Waals surface area contributed by atoms with Crippen LogP contribution in [0.3, 0.4) is 0 Å². The SMILES string of the molecule is CCCNC(CSCC(N)=O)(C(=O)OC)C1CC1. The zero-order valence-electron chi connectivity index (χ0n) is 11.0. The molecule has 1 unspecified atom stereocenters. The van der Waals surface area contributed by atoms with E-state index in [4.69, 9.17) is 10.5 Å². The number of thioether (sulfide) groups is 1. The van der Waals surface area contributed by atoms with Gasteiger partial charge in [-0.1, -0.05) is 6.92 Å². The number of carbonyl (C=O) groups excluding carboxylic acids is 2. The minimum atomic E-state index is -0.648. The number of methoxy groups -OCH3 is 1. The summed E-state index contributed by atoms with van der Waals surface area (Å²) in [4.78, 5) is 22.9. The highest BCUT2D eigenvalue weighted by Crippen LogP contribution is 2.42. The molecule has 18 heavy (non-hydrogen) atoms. The first-order chi connectivity index (χ1) is 8.56. The third-order valence-electron chi connectivity index (χ3n) is 3.09.